The summed E-state index contributed by atoms with van der Waals surface area (Å²) in [5, 5.41) is 8.71. The number of hydrogen-bond donors (Lipinski definition) is 1. The number of carboxylic acid groups (broad SMARTS) is 1. The molecule has 0 spiro atoms. The smallest absolute Gasteiger partial charge is 0.344 e. The summed E-state index contributed by atoms with van der Waals surface area (Å²) in [6, 6.07) is 10.5. The van der Waals surface area contributed by atoms with Crippen LogP contribution in [0.3, 0.4) is 0 Å². The van der Waals surface area contributed by atoms with Gasteiger partial charge in [-0.25, -0.2) is 9.69 Å². The Morgan fingerprint density at radius 3 is 2.55 bits per heavy atom. The van der Waals surface area contributed by atoms with E-state index in [1.165, 1.54) is 11.8 Å². The molecule has 2 aromatic carbocycles. The number of carbonyl (C=O) groups is 3. The monoisotopic (exact) mass is 441 g/mol. The second-order valence-electron chi connectivity index (χ2n) is 7.04. The third-order valence-electron chi connectivity index (χ3n) is 4.60. The van der Waals surface area contributed by atoms with Gasteiger partial charge in [-0.15, -0.1) is 0 Å². The second-order valence-corrected chi connectivity index (χ2v) is 8.04. The molecule has 31 heavy (non-hydrogen) atoms. The topological polar surface area (TPSA) is 93.1 Å². The Bertz CT molecular complexity index is 1080. The highest BCUT2D eigenvalue weighted by Crippen LogP contribution is 2.38. The summed E-state index contributed by atoms with van der Waals surface area (Å²) in [4.78, 5) is 38.1. The largest absolute Gasteiger partial charge is 0.490 e. The van der Waals surface area contributed by atoms with Crippen molar-refractivity contribution in [2.45, 2.75) is 33.8 Å². The lowest BCUT2D eigenvalue weighted by atomic mass is 10.1. The molecule has 1 saturated heterocycles. The molecule has 1 heterocycles. The SMILES string of the molecule is CCOc1cc(/C=C2/SC(=O)N(c3ccc(C)cc3C)C2=O)ccc1OC(C)C(=O)O. The molecule has 8 heteroatoms. The van der Waals surface area contributed by atoms with Crippen LogP contribution in [0, 0.1) is 13.8 Å². The van der Waals surface area contributed by atoms with Gasteiger partial charge in [-0.2, -0.15) is 0 Å². The number of thioether (sulfide) groups is 1. The molecule has 1 aliphatic heterocycles. The number of amides is 2. The van der Waals surface area contributed by atoms with Crippen molar-refractivity contribution in [1.29, 1.82) is 0 Å². The van der Waals surface area contributed by atoms with Crippen molar-refractivity contribution < 1.29 is 29.0 Å². The molecule has 1 N–H and O–H groups in total. The van der Waals surface area contributed by atoms with Crippen LogP contribution in [-0.4, -0.2) is 34.9 Å². The van der Waals surface area contributed by atoms with Gasteiger partial charge in [-0.1, -0.05) is 23.8 Å². The number of hydrogen-bond acceptors (Lipinski definition) is 6. The number of aryl methyl sites for hydroxylation is 2. The number of ether oxygens (including phenoxy) is 2. The maximum Gasteiger partial charge on any atom is 0.344 e. The predicted molar refractivity (Wildman–Crippen MR) is 120 cm³/mol. The zero-order valence-electron chi connectivity index (χ0n) is 17.7. The number of anilines is 1. The van der Waals surface area contributed by atoms with Crippen LogP contribution in [-0.2, 0) is 9.59 Å². The van der Waals surface area contributed by atoms with Crippen molar-refractivity contribution in [3.63, 3.8) is 0 Å². The minimum absolute atomic E-state index is 0.289. The van der Waals surface area contributed by atoms with Crippen LogP contribution in [0.25, 0.3) is 6.08 Å². The molecule has 162 valence electrons. The standard InChI is InChI=1S/C23H23NO6S/c1-5-29-19-11-16(7-9-18(19)30-15(4)22(26)27)12-20-21(25)24(23(28)31-20)17-8-6-13(2)10-14(17)3/h6-12,15H,5H2,1-4H3,(H,26,27)/b20-12+. The lowest BCUT2D eigenvalue weighted by Gasteiger charge is -2.16. The number of imide groups is 1. The van der Waals surface area contributed by atoms with E-state index in [1.807, 2.05) is 26.0 Å². The summed E-state index contributed by atoms with van der Waals surface area (Å²) < 4.78 is 11.0. The zero-order valence-corrected chi connectivity index (χ0v) is 18.5. The van der Waals surface area contributed by atoms with E-state index in [9.17, 15) is 14.4 Å². The fourth-order valence-corrected chi connectivity index (χ4v) is 3.94. The molecule has 1 atom stereocenters. The quantitative estimate of drug-likeness (QED) is 0.617. The van der Waals surface area contributed by atoms with Crippen LogP contribution in [0.2, 0.25) is 0 Å². The molecule has 1 fully saturated rings. The molecular weight excluding hydrogens is 418 g/mol. The maximum atomic E-state index is 13.0. The van der Waals surface area contributed by atoms with Crippen molar-refractivity contribution in [1.82, 2.24) is 0 Å². The van der Waals surface area contributed by atoms with Gasteiger partial charge in [0.05, 0.1) is 17.2 Å². The highest BCUT2D eigenvalue weighted by Gasteiger charge is 2.37. The molecule has 0 bridgehead atoms. The lowest BCUT2D eigenvalue weighted by Crippen LogP contribution is -2.28. The van der Waals surface area contributed by atoms with E-state index < -0.39 is 12.1 Å². The molecule has 0 radical (unpaired) electrons. The highest BCUT2D eigenvalue weighted by molar-refractivity contribution is 8.19. The second kappa shape index (κ2) is 9.26. The van der Waals surface area contributed by atoms with E-state index in [1.54, 1.807) is 37.3 Å². The third kappa shape index (κ3) is 4.91. The molecule has 1 unspecified atom stereocenters. The zero-order chi connectivity index (χ0) is 22.7. The predicted octanol–water partition coefficient (Wildman–Crippen LogP) is 4.79. The summed E-state index contributed by atoms with van der Waals surface area (Å²) in [6.07, 6.45) is 0.570. The van der Waals surface area contributed by atoms with E-state index in [-0.39, 0.29) is 16.9 Å². The van der Waals surface area contributed by atoms with Crippen LogP contribution in [0.1, 0.15) is 30.5 Å². The molecule has 2 aromatic rings. The minimum atomic E-state index is -1.09. The van der Waals surface area contributed by atoms with E-state index in [4.69, 9.17) is 14.6 Å². The van der Waals surface area contributed by atoms with Gasteiger partial charge in [0, 0.05) is 0 Å². The van der Waals surface area contributed by atoms with Crippen LogP contribution in [0.4, 0.5) is 10.5 Å². The first kappa shape index (κ1) is 22.4. The van der Waals surface area contributed by atoms with Gasteiger partial charge >= 0.3 is 5.97 Å². The molecule has 3 rings (SSSR count). The fraction of sp³-hybridized carbons (Fsp3) is 0.261. The van der Waals surface area contributed by atoms with Crippen molar-refractivity contribution >= 4 is 40.6 Å². The average Bonchev–Trinajstić information content (AvgIpc) is 2.97. The molecule has 0 aliphatic carbocycles. The van der Waals surface area contributed by atoms with Gasteiger partial charge < -0.3 is 14.6 Å². The number of nitrogens with zero attached hydrogens (tertiary/aromatic N) is 1. The van der Waals surface area contributed by atoms with Gasteiger partial charge in [-0.05, 0) is 74.9 Å². The Morgan fingerprint density at radius 1 is 1.16 bits per heavy atom. The lowest BCUT2D eigenvalue weighted by molar-refractivity contribution is -0.144. The van der Waals surface area contributed by atoms with Crippen LogP contribution in [0.5, 0.6) is 11.5 Å². The van der Waals surface area contributed by atoms with Crippen LogP contribution >= 0.6 is 11.8 Å². The van der Waals surface area contributed by atoms with Crippen molar-refractivity contribution in [2.24, 2.45) is 0 Å². The van der Waals surface area contributed by atoms with Crippen molar-refractivity contribution in [2.75, 3.05) is 11.5 Å². The fourth-order valence-electron chi connectivity index (χ4n) is 3.10. The Morgan fingerprint density at radius 2 is 1.90 bits per heavy atom. The molecule has 7 nitrogen and oxygen atoms in total. The van der Waals surface area contributed by atoms with Crippen molar-refractivity contribution in [3.8, 4) is 11.5 Å². The summed E-state index contributed by atoms with van der Waals surface area (Å²) in [6.45, 7) is 7.39. The van der Waals surface area contributed by atoms with E-state index in [0.717, 1.165) is 22.9 Å². The molecular formula is C23H23NO6S. The first-order valence-corrected chi connectivity index (χ1v) is 10.5. The number of carboxylic acids is 1. The molecule has 0 saturated carbocycles. The average molecular weight is 442 g/mol. The Balaban J connectivity index is 1.90. The molecule has 1 aliphatic rings. The normalized spacial score (nSPS) is 16.0. The van der Waals surface area contributed by atoms with Crippen molar-refractivity contribution in [3.05, 3.63) is 58.0 Å². The Labute approximate surface area is 184 Å². The number of rotatable bonds is 7. The summed E-state index contributed by atoms with van der Waals surface area (Å²) in [5.41, 5.74) is 3.09. The van der Waals surface area contributed by atoms with E-state index in [2.05, 4.69) is 0 Å². The van der Waals surface area contributed by atoms with Gasteiger partial charge in [0.2, 0.25) is 0 Å². The number of benzene rings is 2. The minimum Gasteiger partial charge on any atom is -0.490 e. The van der Waals surface area contributed by atoms with Gasteiger partial charge in [0.1, 0.15) is 0 Å². The molecule has 0 aromatic heterocycles. The first-order valence-electron chi connectivity index (χ1n) is 9.72. The number of carbonyl (C=O) groups excluding carboxylic acids is 2. The van der Waals surface area contributed by atoms with Gasteiger partial charge in [-0.3, -0.25) is 9.59 Å². The van der Waals surface area contributed by atoms with Crippen LogP contribution < -0.4 is 14.4 Å². The summed E-state index contributed by atoms with van der Waals surface area (Å²) in [7, 11) is 0. The van der Waals surface area contributed by atoms with E-state index in [0.29, 0.717) is 28.5 Å². The van der Waals surface area contributed by atoms with E-state index >= 15 is 0 Å². The maximum absolute atomic E-state index is 13.0. The Kier molecular flexibility index (Phi) is 6.70. The molecule has 2 amide bonds. The van der Waals surface area contributed by atoms with Gasteiger partial charge in [0.25, 0.3) is 11.1 Å². The summed E-state index contributed by atoms with van der Waals surface area (Å²) in [5.74, 6) is -0.832. The van der Waals surface area contributed by atoms with Crippen LogP contribution in [0.15, 0.2) is 41.3 Å². The first-order chi connectivity index (χ1) is 14.7. The van der Waals surface area contributed by atoms with Gasteiger partial charge in [0.15, 0.2) is 17.6 Å². The Hall–Kier alpha value is -3.26. The summed E-state index contributed by atoms with van der Waals surface area (Å²) >= 11 is 0.871. The third-order valence-corrected chi connectivity index (χ3v) is 5.47. The number of aliphatic carboxylic acids is 1. The highest BCUT2D eigenvalue weighted by atomic mass is 32.2.